The highest BCUT2D eigenvalue weighted by molar-refractivity contribution is 6.83. The first-order valence-electron chi connectivity index (χ1n) is 6.80. The summed E-state index contributed by atoms with van der Waals surface area (Å²) >= 11 is 0. The van der Waals surface area contributed by atoms with Crippen molar-refractivity contribution in [3.8, 4) is 18.2 Å². The van der Waals surface area contributed by atoms with Crippen molar-refractivity contribution < 1.29 is 9.53 Å². The van der Waals surface area contributed by atoms with Gasteiger partial charge in [0.1, 0.15) is 12.1 Å². The molecule has 0 fully saturated rings. The summed E-state index contributed by atoms with van der Waals surface area (Å²) in [6.07, 6.45) is 1.46. The van der Waals surface area contributed by atoms with Gasteiger partial charge < -0.3 is 4.74 Å². The molecule has 22 heavy (non-hydrogen) atoms. The third kappa shape index (κ3) is 3.34. The Kier molecular flexibility index (Phi) is 5.46. The fraction of sp³-hybridized carbons (Fsp3) is 0.375. The topological polar surface area (TPSA) is 97.7 Å². The molecule has 0 heterocycles. The molecule has 0 aromatic rings. The van der Waals surface area contributed by atoms with Gasteiger partial charge in [0.05, 0.1) is 37.5 Å². The molecule has 0 saturated heterocycles. The molecule has 0 N–H and O–H groups in total. The Morgan fingerprint density at radius 3 is 2.23 bits per heavy atom. The fourth-order valence-corrected chi connectivity index (χ4v) is 4.92. The number of hydrogen-bond donors (Lipinski definition) is 0. The van der Waals surface area contributed by atoms with Crippen LogP contribution in [-0.2, 0) is 9.53 Å². The second-order valence-corrected chi connectivity index (χ2v) is 10.9. The molecule has 1 atom stereocenters. The van der Waals surface area contributed by atoms with Crippen molar-refractivity contribution in [3.63, 3.8) is 0 Å². The molecule has 0 aromatic heterocycles. The first-order valence-corrected chi connectivity index (χ1v) is 10.3. The Morgan fingerprint density at radius 2 is 1.82 bits per heavy atom. The lowest BCUT2D eigenvalue weighted by molar-refractivity contribution is -0.137. The maximum Gasteiger partial charge on any atom is 0.330 e. The second kappa shape index (κ2) is 6.89. The third-order valence-electron chi connectivity index (χ3n) is 3.46. The summed E-state index contributed by atoms with van der Waals surface area (Å²) in [7, 11) is -1.92. The molecular weight excluding hydrogens is 294 g/mol. The van der Waals surface area contributed by atoms with E-state index in [0.29, 0.717) is 17.6 Å². The van der Waals surface area contributed by atoms with E-state index in [-0.39, 0.29) is 18.1 Å². The molecule has 112 valence electrons. The smallest absolute Gasteiger partial charge is 0.330 e. The number of carbonyl (C=O) groups is 1. The molecule has 0 spiro atoms. The maximum absolute atomic E-state index is 11.1. The Balaban J connectivity index is 3.24. The van der Waals surface area contributed by atoms with E-state index in [1.165, 1.54) is 0 Å². The van der Waals surface area contributed by atoms with Crippen molar-refractivity contribution in [2.45, 2.75) is 26.1 Å². The van der Waals surface area contributed by atoms with Crippen LogP contribution >= 0.6 is 0 Å². The van der Waals surface area contributed by atoms with Crippen LogP contribution in [0.2, 0.25) is 19.6 Å². The van der Waals surface area contributed by atoms with Crippen LogP contribution in [0.4, 0.5) is 0 Å². The van der Waals surface area contributed by atoms with Gasteiger partial charge in [0.15, 0.2) is 0 Å². The lowest BCUT2D eigenvalue weighted by atomic mass is 9.98. The van der Waals surface area contributed by atoms with E-state index in [2.05, 4.69) is 38.4 Å². The maximum atomic E-state index is 11.1. The van der Waals surface area contributed by atoms with E-state index < -0.39 is 14.0 Å². The van der Waals surface area contributed by atoms with E-state index in [1.807, 2.05) is 6.07 Å². The van der Waals surface area contributed by atoms with Crippen molar-refractivity contribution in [1.82, 2.24) is 0 Å². The molecule has 6 heteroatoms. The lowest BCUT2D eigenvalue weighted by Crippen LogP contribution is -2.30. The molecule has 5 nitrogen and oxygen atoms in total. The van der Waals surface area contributed by atoms with E-state index >= 15 is 0 Å². The highest BCUT2D eigenvalue weighted by atomic mass is 28.3. The number of esters is 1. The first-order chi connectivity index (χ1) is 10.3. The summed E-state index contributed by atoms with van der Waals surface area (Å²) in [5.74, 6) is -0.849. The van der Waals surface area contributed by atoms with Gasteiger partial charge in [0, 0.05) is 12.0 Å². The van der Waals surface area contributed by atoms with Crippen LogP contribution in [0, 0.1) is 39.9 Å². The SMILES string of the molecule is C=CC(=O)OCCC1C(C#N)=C(C#N)C(C#N)=C1[Si](C)(C)C. The zero-order valence-electron chi connectivity index (χ0n) is 12.9. The molecule has 0 bridgehead atoms. The van der Waals surface area contributed by atoms with Crippen molar-refractivity contribution in [2.24, 2.45) is 5.92 Å². The fourth-order valence-electron chi connectivity index (χ4n) is 2.65. The quantitative estimate of drug-likeness (QED) is 0.442. The monoisotopic (exact) mass is 311 g/mol. The van der Waals surface area contributed by atoms with Crippen molar-refractivity contribution in [1.29, 1.82) is 15.8 Å². The Bertz CT molecular complexity index is 691. The average Bonchev–Trinajstić information content (AvgIpc) is 2.79. The number of nitriles is 3. The zero-order valence-corrected chi connectivity index (χ0v) is 13.9. The molecule has 0 saturated carbocycles. The lowest BCUT2D eigenvalue weighted by Gasteiger charge is -2.26. The van der Waals surface area contributed by atoms with Crippen LogP contribution in [0.15, 0.2) is 34.6 Å². The Hall–Kier alpha value is -2.62. The average molecular weight is 311 g/mol. The standard InChI is InChI=1S/C16H17N3O2Si/c1-5-15(20)21-7-6-11-12(8-17)13(9-18)14(10-19)16(11)22(2,3)4/h5,11H,1,6-7H2,2-4H3. The van der Waals surface area contributed by atoms with Gasteiger partial charge in [0.25, 0.3) is 0 Å². The predicted octanol–water partition coefficient (Wildman–Crippen LogP) is 2.78. The zero-order chi connectivity index (χ0) is 16.9. The highest BCUT2D eigenvalue weighted by Gasteiger charge is 2.40. The largest absolute Gasteiger partial charge is 0.463 e. The summed E-state index contributed by atoms with van der Waals surface area (Å²) in [5, 5.41) is 29.0. The van der Waals surface area contributed by atoms with Gasteiger partial charge in [-0.3, -0.25) is 0 Å². The minimum atomic E-state index is -1.92. The molecule has 1 aliphatic carbocycles. The van der Waals surface area contributed by atoms with Gasteiger partial charge in [-0.2, -0.15) is 15.8 Å². The summed E-state index contributed by atoms with van der Waals surface area (Å²) in [5.41, 5.74) is 0.812. The molecule has 1 aliphatic rings. The predicted molar refractivity (Wildman–Crippen MR) is 83.5 cm³/mol. The number of allylic oxidation sites excluding steroid dienone is 4. The Labute approximate surface area is 131 Å². The van der Waals surface area contributed by atoms with Crippen molar-refractivity contribution >= 4 is 14.0 Å². The van der Waals surface area contributed by atoms with E-state index in [9.17, 15) is 20.6 Å². The summed E-state index contributed by atoms with van der Waals surface area (Å²) in [6.45, 7) is 9.64. The Morgan fingerprint density at radius 1 is 1.23 bits per heavy atom. The van der Waals surface area contributed by atoms with Crippen LogP contribution in [0.5, 0.6) is 0 Å². The van der Waals surface area contributed by atoms with Crippen LogP contribution in [0.3, 0.4) is 0 Å². The summed E-state index contributed by atoms with van der Waals surface area (Å²) in [4.78, 5) is 11.1. The molecule has 0 radical (unpaired) electrons. The third-order valence-corrected chi connectivity index (χ3v) is 5.67. The molecule has 0 aliphatic heterocycles. The summed E-state index contributed by atoms with van der Waals surface area (Å²) in [6, 6.07) is 6.13. The molecule has 0 amide bonds. The van der Waals surface area contributed by atoms with Crippen molar-refractivity contribution in [2.75, 3.05) is 6.61 Å². The first kappa shape index (κ1) is 17.4. The van der Waals surface area contributed by atoms with E-state index in [4.69, 9.17) is 4.74 Å². The normalized spacial score (nSPS) is 17.5. The van der Waals surface area contributed by atoms with Gasteiger partial charge in [-0.25, -0.2) is 4.79 Å². The van der Waals surface area contributed by atoms with Crippen molar-refractivity contribution in [3.05, 3.63) is 34.6 Å². The minimum Gasteiger partial charge on any atom is -0.463 e. The molecule has 1 rings (SSSR count). The minimum absolute atomic E-state index is 0.117. The van der Waals surface area contributed by atoms with Crippen LogP contribution in [0.25, 0.3) is 0 Å². The summed E-state index contributed by atoms with van der Waals surface area (Å²) < 4.78 is 4.98. The number of ether oxygens (including phenoxy) is 1. The van der Waals surface area contributed by atoms with Crippen LogP contribution < -0.4 is 0 Å². The number of nitrogens with zero attached hydrogens (tertiary/aromatic N) is 3. The van der Waals surface area contributed by atoms with E-state index in [0.717, 1.165) is 11.3 Å². The molecule has 0 aromatic carbocycles. The van der Waals surface area contributed by atoms with Crippen LogP contribution in [0.1, 0.15) is 6.42 Å². The number of rotatable bonds is 5. The van der Waals surface area contributed by atoms with Gasteiger partial charge in [-0.1, -0.05) is 31.4 Å². The second-order valence-electron chi connectivity index (χ2n) is 5.88. The van der Waals surface area contributed by atoms with Gasteiger partial charge in [0.2, 0.25) is 0 Å². The van der Waals surface area contributed by atoms with Crippen LogP contribution in [-0.4, -0.2) is 20.7 Å². The number of carbonyl (C=O) groups excluding carboxylic acids is 1. The highest BCUT2D eigenvalue weighted by Crippen LogP contribution is 2.43. The number of hydrogen-bond acceptors (Lipinski definition) is 5. The molecular formula is C16H17N3O2Si. The van der Waals surface area contributed by atoms with Gasteiger partial charge in [-0.05, 0) is 6.42 Å². The molecule has 1 unspecified atom stereocenters. The van der Waals surface area contributed by atoms with Gasteiger partial charge in [-0.15, -0.1) is 0 Å². The van der Waals surface area contributed by atoms with E-state index in [1.54, 1.807) is 0 Å². The van der Waals surface area contributed by atoms with Gasteiger partial charge >= 0.3 is 5.97 Å².